The normalized spacial score (nSPS) is 28.5. The van der Waals surface area contributed by atoms with Gasteiger partial charge in [0.25, 0.3) is 0 Å². The van der Waals surface area contributed by atoms with Gasteiger partial charge in [0.15, 0.2) is 11.5 Å². The zero-order valence-corrected chi connectivity index (χ0v) is 11.7. The van der Waals surface area contributed by atoms with Crippen LogP contribution < -0.4 is 20.5 Å². The summed E-state index contributed by atoms with van der Waals surface area (Å²) in [5.74, 6) is 2.78. The lowest BCUT2D eigenvalue weighted by Gasteiger charge is -2.10. The lowest BCUT2D eigenvalue weighted by molar-refractivity contribution is -0.118. The summed E-state index contributed by atoms with van der Waals surface area (Å²) in [6.45, 7) is 0.207. The molecule has 2 saturated carbocycles. The molecule has 3 aliphatic rings. The molecule has 2 aliphatic carbocycles. The van der Waals surface area contributed by atoms with Gasteiger partial charge in [-0.2, -0.15) is 0 Å². The molecule has 2 fully saturated rings. The van der Waals surface area contributed by atoms with Gasteiger partial charge in [-0.05, 0) is 24.7 Å². The Bertz CT molecular complexity index is 554. The van der Waals surface area contributed by atoms with Crippen LogP contribution >= 0.6 is 12.4 Å². The molecule has 5 nitrogen and oxygen atoms in total. The van der Waals surface area contributed by atoms with Crippen LogP contribution in [0.1, 0.15) is 19.3 Å². The molecule has 1 aliphatic heterocycles. The molecule has 2 atom stereocenters. The Labute approximate surface area is 123 Å². The first kappa shape index (κ1) is 13.4. The van der Waals surface area contributed by atoms with Crippen molar-refractivity contribution in [1.82, 2.24) is 0 Å². The van der Waals surface area contributed by atoms with Gasteiger partial charge in [-0.3, -0.25) is 4.79 Å². The monoisotopic (exact) mass is 296 g/mol. The van der Waals surface area contributed by atoms with Crippen molar-refractivity contribution in [3.63, 3.8) is 0 Å². The fraction of sp³-hybridized carbons (Fsp3) is 0.500. The highest BCUT2D eigenvalue weighted by Crippen LogP contribution is 2.57. The molecule has 2 unspecified atom stereocenters. The number of nitrogens with two attached hydrogens (primary N) is 1. The predicted octanol–water partition coefficient (Wildman–Crippen LogP) is 2.40. The standard InChI is InChI=1S/C14H16N2O3.ClH/c15-9-4-11-12(19-6-18-11)5-10(9)16-14(17)13-7-2-1-3-8(7)13;/h4-5,7-8,13H,1-3,6,15H2,(H,16,17);1H. The van der Waals surface area contributed by atoms with Gasteiger partial charge in [0.2, 0.25) is 12.7 Å². The second kappa shape index (κ2) is 4.74. The first-order valence-corrected chi connectivity index (χ1v) is 6.74. The Morgan fingerprint density at radius 2 is 1.85 bits per heavy atom. The van der Waals surface area contributed by atoms with E-state index in [9.17, 15) is 4.79 Å². The maximum Gasteiger partial charge on any atom is 0.231 e. The van der Waals surface area contributed by atoms with E-state index in [1.807, 2.05) is 0 Å². The number of nitrogens with one attached hydrogen (secondary N) is 1. The minimum atomic E-state index is 0. The maximum atomic E-state index is 12.2. The predicted molar refractivity (Wildman–Crippen MR) is 77.2 cm³/mol. The zero-order valence-electron chi connectivity index (χ0n) is 10.9. The molecular weight excluding hydrogens is 280 g/mol. The number of ether oxygens (including phenoxy) is 2. The fourth-order valence-electron chi connectivity index (χ4n) is 3.49. The van der Waals surface area contributed by atoms with Gasteiger partial charge in [0.05, 0.1) is 11.4 Å². The van der Waals surface area contributed by atoms with E-state index < -0.39 is 0 Å². The fourth-order valence-corrected chi connectivity index (χ4v) is 3.49. The van der Waals surface area contributed by atoms with Crippen molar-refractivity contribution < 1.29 is 14.3 Å². The van der Waals surface area contributed by atoms with Crippen LogP contribution in [0.4, 0.5) is 11.4 Å². The van der Waals surface area contributed by atoms with Crippen LogP contribution in [-0.2, 0) is 4.79 Å². The molecule has 108 valence electrons. The van der Waals surface area contributed by atoms with E-state index >= 15 is 0 Å². The average molecular weight is 297 g/mol. The third kappa shape index (κ3) is 1.97. The molecule has 1 heterocycles. The van der Waals surface area contributed by atoms with Crippen molar-refractivity contribution >= 4 is 29.7 Å². The molecule has 0 radical (unpaired) electrons. The largest absolute Gasteiger partial charge is 0.454 e. The van der Waals surface area contributed by atoms with Crippen LogP contribution in [0.5, 0.6) is 11.5 Å². The highest BCUT2D eigenvalue weighted by atomic mass is 35.5. The van der Waals surface area contributed by atoms with Crippen LogP contribution in [0.15, 0.2) is 12.1 Å². The Balaban J connectivity index is 0.00000121. The van der Waals surface area contributed by atoms with E-state index in [1.54, 1.807) is 12.1 Å². The summed E-state index contributed by atoms with van der Waals surface area (Å²) in [7, 11) is 0. The zero-order chi connectivity index (χ0) is 13.0. The Kier molecular flexibility index (Phi) is 3.17. The third-order valence-corrected chi connectivity index (χ3v) is 4.51. The van der Waals surface area contributed by atoms with E-state index in [1.165, 1.54) is 19.3 Å². The number of hydrogen-bond donors (Lipinski definition) is 2. The van der Waals surface area contributed by atoms with Crippen LogP contribution in [-0.4, -0.2) is 12.7 Å². The van der Waals surface area contributed by atoms with Gasteiger partial charge >= 0.3 is 0 Å². The van der Waals surface area contributed by atoms with Crippen LogP contribution in [0.2, 0.25) is 0 Å². The number of rotatable bonds is 2. The number of benzene rings is 1. The Morgan fingerprint density at radius 3 is 2.55 bits per heavy atom. The number of fused-ring (bicyclic) bond motifs is 2. The van der Waals surface area contributed by atoms with Crippen molar-refractivity contribution in [2.45, 2.75) is 19.3 Å². The van der Waals surface area contributed by atoms with Crippen molar-refractivity contribution in [3.05, 3.63) is 12.1 Å². The number of anilines is 2. The highest BCUT2D eigenvalue weighted by Gasteiger charge is 2.56. The van der Waals surface area contributed by atoms with Crippen molar-refractivity contribution in [2.75, 3.05) is 17.8 Å². The van der Waals surface area contributed by atoms with E-state index in [2.05, 4.69) is 5.32 Å². The number of nitrogen functional groups attached to an aromatic ring is 1. The summed E-state index contributed by atoms with van der Waals surface area (Å²) in [5.41, 5.74) is 7.07. The number of carbonyl (C=O) groups excluding carboxylic acids is 1. The molecule has 0 saturated heterocycles. The molecule has 0 spiro atoms. The van der Waals surface area contributed by atoms with Gasteiger partial charge in [0, 0.05) is 18.1 Å². The molecule has 1 aromatic carbocycles. The third-order valence-electron chi connectivity index (χ3n) is 4.51. The summed E-state index contributed by atoms with van der Waals surface area (Å²) in [5, 5.41) is 2.93. The quantitative estimate of drug-likeness (QED) is 0.822. The molecule has 6 heteroatoms. The lowest BCUT2D eigenvalue weighted by atomic mass is 10.1. The first-order valence-electron chi connectivity index (χ1n) is 6.74. The van der Waals surface area contributed by atoms with E-state index in [4.69, 9.17) is 15.2 Å². The van der Waals surface area contributed by atoms with Crippen molar-refractivity contribution in [2.24, 2.45) is 17.8 Å². The van der Waals surface area contributed by atoms with Gasteiger partial charge in [-0.25, -0.2) is 0 Å². The minimum absolute atomic E-state index is 0. The van der Waals surface area contributed by atoms with E-state index in [-0.39, 0.29) is 31.0 Å². The molecule has 20 heavy (non-hydrogen) atoms. The van der Waals surface area contributed by atoms with Gasteiger partial charge < -0.3 is 20.5 Å². The smallest absolute Gasteiger partial charge is 0.231 e. The molecule has 1 amide bonds. The lowest BCUT2D eigenvalue weighted by Crippen LogP contribution is -2.17. The van der Waals surface area contributed by atoms with Crippen LogP contribution in [0.3, 0.4) is 0 Å². The minimum Gasteiger partial charge on any atom is -0.454 e. The summed E-state index contributed by atoms with van der Waals surface area (Å²) in [6.07, 6.45) is 3.66. The van der Waals surface area contributed by atoms with Gasteiger partial charge in [0.1, 0.15) is 0 Å². The SMILES string of the molecule is Cl.Nc1cc2c(cc1NC(=O)C1C3CCCC31)OCO2. The van der Waals surface area contributed by atoms with Gasteiger partial charge in [-0.1, -0.05) is 6.42 Å². The first-order chi connectivity index (χ1) is 9.24. The summed E-state index contributed by atoms with van der Waals surface area (Å²) < 4.78 is 10.5. The summed E-state index contributed by atoms with van der Waals surface area (Å²) >= 11 is 0. The second-order valence-electron chi connectivity index (χ2n) is 5.57. The van der Waals surface area contributed by atoms with Crippen LogP contribution in [0.25, 0.3) is 0 Å². The molecule has 0 aromatic heterocycles. The number of carbonyl (C=O) groups is 1. The van der Waals surface area contributed by atoms with E-state index in [0.29, 0.717) is 34.7 Å². The van der Waals surface area contributed by atoms with Crippen molar-refractivity contribution in [1.29, 1.82) is 0 Å². The van der Waals surface area contributed by atoms with Crippen molar-refractivity contribution in [3.8, 4) is 11.5 Å². The molecule has 4 rings (SSSR count). The Hall–Kier alpha value is -1.62. The topological polar surface area (TPSA) is 73.6 Å². The number of amides is 1. The van der Waals surface area contributed by atoms with Gasteiger partial charge in [-0.15, -0.1) is 12.4 Å². The number of halogens is 1. The molecular formula is C14H17ClN2O3. The molecule has 3 N–H and O–H groups in total. The average Bonchev–Trinajstić information content (AvgIpc) is 2.78. The second-order valence-corrected chi connectivity index (χ2v) is 5.57. The number of hydrogen-bond acceptors (Lipinski definition) is 4. The maximum absolute atomic E-state index is 12.2. The van der Waals surface area contributed by atoms with E-state index in [0.717, 1.165) is 0 Å². The van der Waals surface area contributed by atoms with Crippen LogP contribution in [0, 0.1) is 17.8 Å². The molecule has 1 aromatic rings. The highest BCUT2D eigenvalue weighted by molar-refractivity contribution is 5.98. The molecule has 0 bridgehead atoms. The summed E-state index contributed by atoms with van der Waals surface area (Å²) in [4.78, 5) is 12.2. The Morgan fingerprint density at radius 1 is 1.20 bits per heavy atom. The summed E-state index contributed by atoms with van der Waals surface area (Å²) in [6, 6.07) is 3.44.